The standard InChI is InChI=1S/C36H36O18/c37-13-25-28(43)30(45)32(47)36(53-25)52-24-12-19-22(50-34(24)16-3-5-17(38)6-4-16)10-18(39)11-23(19)51-35-33(48)31(46)29(44)26(54-35)14-49-27(42)8-2-15-1-7-20(40)21(41)9-15/h1-12,25-26,28-33,35-38,40-41,43-48H,13-14H2/p+1/t25-,26-,28-,29-,30+,31+,32-,33-,35-,36-/m1/s1. The van der Waals surface area contributed by atoms with E-state index < -0.39 is 91.8 Å². The van der Waals surface area contributed by atoms with Crippen LogP contribution >= 0.6 is 0 Å². The number of phenols is 3. The maximum atomic E-state index is 12.8. The molecule has 1 aliphatic carbocycles. The van der Waals surface area contributed by atoms with Gasteiger partial charge in [-0.2, -0.15) is 0 Å². The van der Waals surface area contributed by atoms with Gasteiger partial charge in [-0.1, -0.05) is 6.07 Å². The first-order valence-electron chi connectivity index (χ1n) is 16.4. The molecule has 0 amide bonds. The van der Waals surface area contributed by atoms with Crippen molar-refractivity contribution in [2.75, 3.05) is 13.2 Å². The highest BCUT2D eigenvalue weighted by Crippen LogP contribution is 2.43. The molecule has 0 radical (unpaired) electrons. The van der Waals surface area contributed by atoms with Gasteiger partial charge in [-0.15, -0.1) is 0 Å². The number of carbonyl (C=O) groups excluding carboxylic acids is 1. The number of aromatic hydroxyl groups is 3. The van der Waals surface area contributed by atoms with E-state index in [1.807, 2.05) is 0 Å². The van der Waals surface area contributed by atoms with Gasteiger partial charge in [0.15, 0.2) is 34.5 Å². The Bertz CT molecular complexity index is 1990. The second kappa shape index (κ2) is 16.0. The van der Waals surface area contributed by atoms with Gasteiger partial charge in [0.05, 0.1) is 18.2 Å². The molecule has 18 heteroatoms. The average molecular weight is 758 g/mol. The van der Waals surface area contributed by atoms with Crippen LogP contribution in [0.1, 0.15) is 5.56 Å². The zero-order valence-electron chi connectivity index (χ0n) is 27.9. The third kappa shape index (κ3) is 8.11. The summed E-state index contributed by atoms with van der Waals surface area (Å²) in [5.41, 5.74) is 0.0601. The fraction of sp³-hybridized carbons (Fsp3) is 0.333. The van der Waals surface area contributed by atoms with Crippen LogP contribution in [0.15, 0.2) is 76.0 Å². The van der Waals surface area contributed by atoms with Crippen LogP contribution in [-0.4, -0.2) is 136 Å². The summed E-state index contributed by atoms with van der Waals surface area (Å²) < 4.78 is 34.3. The minimum Gasteiger partial charge on any atom is -0.508 e. The van der Waals surface area contributed by atoms with Crippen LogP contribution in [0.25, 0.3) is 28.7 Å². The molecule has 0 aromatic heterocycles. The number of hydrogen-bond acceptors (Lipinski definition) is 17. The molecule has 2 saturated heterocycles. The number of rotatable bonds is 10. The second-order valence-electron chi connectivity index (χ2n) is 12.5. The minimum atomic E-state index is -1.89. The largest absolute Gasteiger partial charge is 0.510 e. The quantitative estimate of drug-likeness (QED) is 0.0407. The van der Waals surface area contributed by atoms with Gasteiger partial charge in [0.25, 0.3) is 0 Å². The number of ether oxygens (including phenoxy) is 5. The Morgan fingerprint density at radius 2 is 1.35 bits per heavy atom. The minimum absolute atomic E-state index is 0.0114. The van der Waals surface area contributed by atoms with E-state index in [1.165, 1.54) is 54.6 Å². The van der Waals surface area contributed by atoms with E-state index in [2.05, 4.69) is 0 Å². The molecule has 3 heterocycles. The first-order valence-corrected chi connectivity index (χ1v) is 16.4. The Kier molecular flexibility index (Phi) is 11.4. The van der Waals surface area contributed by atoms with Crippen LogP contribution in [0, 0.1) is 0 Å². The van der Waals surface area contributed by atoms with Crippen molar-refractivity contribution in [2.24, 2.45) is 0 Å². The summed E-state index contributed by atoms with van der Waals surface area (Å²) in [6.07, 6.45) is -14.5. The Labute approximate surface area is 304 Å². The van der Waals surface area contributed by atoms with Gasteiger partial charge in [0, 0.05) is 17.7 Å². The summed E-state index contributed by atoms with van der Waals surface area (Å²) in [7, 11) is 0. The fourth-order valence-electron chi connectivity index (χ4n) is 5.75. The maximum absolute atomic E-state index is 12.8. The number of fused-ring (bicyclic) bond motifs is 1. The van der Waals surface area contributed by atoms with Crippen molar-refractivity contribution in [1.82, 2.24) is 0 Å². The van der Waals surface area contributed by atoms with Crippen molar-refractivity contribution in [1.29, 1.82) is 0 Å². The SMILES string of the molecule is O=c1cc2oc(-c3ccc(O)cc3)c(O[C@@H]3O[C@H](CO)[C@@H](O)[C@H](O)[C@H]3O)cc-2c(O[C@@H]2O[C@H](COC(=[OH+])C=Cc3ccc(O)c(O)c3)[C@@H](O)[C@H](O)[C@H]2O)c1. The fourth-order valence-corrected chi connectivity index (χ4v) is 5.75. The van der Waals surface area contributed by atoms with Gasteiger partial charge in [-0.3, -0.25) is 4.79 Å². The lowest BCUT2D eigenvalue weighted by atomic mass is 9.99. The molecule has 11 N–H and O–H groups in total. The van der Waals surface area contributed by atoms with Gasteiger partial charge in [0.2, 0.25) is 19.2 Å². The highest BCUT2D eigenvalue weighted by Gasteiger charge is 2.47. The first-order chi connectivity index (χ1) is 25.7. The second-order valence-corrected chi connectivity index (χ2v) is 12.5. The molecular weight excluding hydrogens is 720 g/mol. The van der Waals surface area contributed by atoms with Crippen molar-refractivity contribution < 1.29 is 84.0 Å². The third-order valence-corrected chi connectivity index (χ3v) is 8.73. The molecule has 2 aromatic carbocycles. The Hall–Kier alpha value is -5.28. The molecule has 6 rings (SSSR count). The zero-order valence-corrected chi connectivity index (χ0v) is 27.9. The molecule has 54 heavy (non-hydrogen) atoms. The number of esters is 1. The van der Waals surface area contributed by atoms with Crippen LogP contribution < -0.4 is 14.9 Å². The molecule has 18 nitrogen and oxygen atoms in total. The average Bonchev–Trinajstić information content (AvgIpc) is 3.15. The van der Waals surface area contributed by atoms with E-state index in [0.29, 0.717) is 11.1 Å². The Balaban J connectivity index is 1.28. The molecule has 4 aliphatic rings. The highest BCUT2D eigenvalue weighted by molar-refractivity contribution is 5.88. The lowest BCUT2D eigenvalue weighted by Gasteiger charge is -2.40. The van der Waals surface area contributed by atoms with E-state index in [4.69, 9.17) is 28.1 Å². The Morgan fingerprint density at radius 1 is 0.722 bits per heavy atom. The molecule has 288 valence electrons. The van der Waals surface area contributed by atoms with Crippen LogP contribution in [-0.2, 0) is 14.2 Å². The molecule has 0 unspecified atom stereocenters. The maximum Gasteiger partial charge on any atom is 0.510 e. The normalized spacial score (nSPS) is 28.6. The number of phenolic OH excluding ortho intramolecular Hbond substituents is 3. The molecule has 2 aromatic rings. The Morgan fingerprint density at radius 3 is 2.00 bits per heavy atom. The molecule has 0 bridgehead atoms. The summed E-state index contributed by atoms with van der Waals surface area (Å²) in [6, 6.07) is 12.9. The molecule has 10 atom stereocenters. The van der Waals surface area contributed by atoms with Crippen LogP contribution in [0.2, 0.25) is 0 Å². The molecular formula is C36H37O18+. The third-order valence-electron chi connectivity index (χ3n) is 8.73. The lowest BCUT2D eigenvalue weighted by Crippen LogP contribution is -2.60. The molecule has 2 fully saturated rings. The van der Waals surface area contributed by atoms with Crippen LogP contribution in [0.5, 0.6) is 28.7 Å². The smallest absolute Gasteiger partial charge is 0.508 e. The van der Waals surface area contributed by atoms with Crippen molar-refractivity contribution >= 4 is 12.0 Å². The van der Waals surface area contributed by atoms with Crippen LogP contribution in [0.4, 0.5) is 0 Å². The monoisotopic (exact) mass is 757 g/mol. The summed E-state index contributed by atoms with van der Waals surface area (Å²) in [4.78, 5) is 23.1. The predicted octanol–water partition coefficient (Wildman–Crippen LogP) is -0.874. The van der Waals surface area contributed by atoms with E-state index >= 15 is 0 Å². The van der Waals surface area contributed by atoms with Gasteiger partial charge < -0.3 is 84.0 Å². The highest BCUT2D eigenvalue weighted by atomic mass is 16.7. The van der Waals surface area contributed by atoms with Crippen molar-refractivity contribution in [3.8, 4) is 51.4 Å². The van der Waals surface area contributed by atoms with E-state index in [1.54, 1.807) is 0 Å². The van der Waals surface area contributed by atoms with Crippen molar-refractivity contribution in [2.45, 2.75) is 61.4 Å². The van der Waals surface area contributed by atoms with E-state index in [9.17, 15) is 60.7 Å². The van der Waals surface area contributed by atoms with Gasteiger partial charge in [-0.25, -0.2) is 0 Å². The molecule has 0 saturated carbocycles. The molecule has 0 spiro atoms. The van der Waals surface area contributed by atoms with E-state index in [-0.39, 0.29) is 40.1 Å². The van der Waals surface area contributed by atoms with Gasteiger partial charge in [0.1, 0.15) is 60.0 Å². The first kappa shape index (κ1) is 38.4. The number of hydrogen-bond donors (Lipinski definition) is 10. The summed E-state index contributed by atoms with van der Waals surface area (Å²) in [6.45, 7) is -1.32. The molecule has 3 aliphatic heterocycles. The number of benzene rings is 3. The van der Waals surface area contributed by atoms with Crippen molar-refractivity contribution in [3.05, 3.63) is 82.5 Å². The zero-order chi connectivity index (χ0) is 38.8. The lowest BCUT2D eigenvalue weighted by molar-refractivity contribution is -0.277. The number of aliphatic hydroxyl groups excluding tert-OH is 7. The van der Waals surface area contributed by atoms with Crippen molar-refractivity contribution in [3.63, 3.8) is 0 Å². The number of aliphatic hydroxyl groups is 7. The summed E-state index contributed by atoms with van der Waals surface area (Å²) in [5.74, 6) is -2.12. The summed E-state index contributed by atoms with van der Waals surface area (Å²) in [5, 5.41) is 102. The topological polar surface area (TPSA) is 300 Å². The predicted molar refractivity (Wildman–Crippen MR) is 182 cm³/mol. The van der Waals surface area contributed by atoms with Crippen LogP contribution in [0.3, 0.4) is 0 Å². The van der Waals surface area contributed by atoms with Gasteiger partial charge >= 0.3 is 5.97 Å². The van der Waals surface area contributed by atoms with Gasteiger partial charge in [-0.05, 0) is 54.1 Å². The summed E-state index contributed by atoms with van der Waals surface area (Å²) >= 11 is 0. The van der Waals surface area contributed by atoms with E-state index in [0.717, 1.165) is 18.2 Å².